The van der Waals surface area contributed by atoms with Crippen LogP contribution < -0.4 is 5.56 Å². The van der Waals surface area contributed by atoms with Crippen LogP contribution in [0.15, 0.2) is 35.3 Å². The summed E-state index contributed by atoms with van der Waals surface area (Å²) in [4.78, 5) is 12.3. The Morgan fingerprint density at radius 2 is 1.95 bits per heavy atom. The largest absolute Gasteiger partial charge is 0.384 e. The van der Waals surface area contributed by atoms with Crippen LogP contribution in [0, 0.1) is 0 Å². The molecular formula is C13H14N6O2. The molecule has 0 aliphatic heterocycles. The lowest BCUT2D eigenvalue weighted by atomic mass is 10.1. The molecule has 108 valence electrons. The second-order valence-corrected chi connectivity index (χ2v) is 5.25. The van der Waals surface area contributed by atoms with Crippen LogP contribution in [-0.4, -0.2) is 35.1 Å². The average molecular weight is 286 g/mol. The van der Waals surface area contributed by atoms with Crippen molar-refractivity contribution in [3.63, 3.8) is 0 Å². The van der Waals surface area contributed by atoms with Crippen molar-refractivity contribution >= 4 is 10.9 Å². The zero-order chi connectivity index (χ0) is 15.0. The first-order valence-corrected chi connectivity index (χ1v) is 6.41. The van der Waals surface area contributed by atoms with Crippen LogP contribution >= 0.6 is 0 Å². The summed E-state index contributed by atoms with van der Waals surface area (Å²) >= 11 is 0. The molecule has 0 bridgehead atoms. The van der Waals surface area contributed by atoms with Gasteiger partial charge in [-0.2, -0.15) is 4.68 Å². The molecule has 0 saturated heterocycles. The Bertz CT molecular complexity index is 845. The van der Waals surface area contributed by atoms with Gasteiger partial charge in [-0.25, -0.2) is 4.68 Å². The van der Waals surface area contributed by atoms with Gasteiger partial charge in [0.15, 0.2) is 0 Å². The van der Waals surface area contributed by atoms with Gasteiger partial charge in [-0.3, -0.25) is 4.79 Å². The van der Waals surface area contributed by atoms with Gasteiger partial charge in [0.2, 0.25) is 0 Å². The molecule has 0 saturated carbocycles. The van der Waals surface area contributed by atoms with E-state index in [-0.39, 0.29) is 12.2 Å². The highest BCUT2D eigenvalue weighted by atomic mass is 16.3. The average Bonchev–Trinajstić information content (AvgIpc) is 2.91. The normalized spacial score (nSPS) is 12.0. The van der Waals surface area contributed by atoms with Crippen molar-refractivity contribution < 1.29 is 5.11 Å². The van der Waals surface area contributed by atoms with Gasteiger partial charge in [-0.1, -0.05) is 22.6 Å². The zero-order valence-corrected chi connectivity index (χ0v) is 11.6. The van der Waals surface area contributed by atoms with E-state index in [2.05, 4.69) is 20.6 Å². The Labute approximate surface area is 119 Å². The van der Waals surface area contributed by atoms with E-state index in [0.717, 1.165) is 0 Å². The summed E-state index contributed by atoms with van der Waals surface area (Å²) in [5, 5.41) is 26.0. The van der Waals surface area contributed by atoms with Gasteiger partial charge >= 0.3 is 0 Å². The van der Waals surface area contributed by atoms with Crippen molar-refractivity contribution in [1.82, 2.24) is 30.0 Å². The monoisotopic (exact) mass is 286 g/mol. The molecule has 21 heavy (non-hydrogen) atoms. The SMILES string of the molecule is CC(C)(O)c1cn(Cn2nnc3ccccc3c2=O)nn1. The van der Waals surface area contributed by atoms with Crippen LogP contribution in [0.3, 0.4) is 0 Å². The summed E-state index contributed by atoms with van der Waals surface area (Å²) in [6, 6.07) is 7.01. The topological polar surface area (TPSA) is 98.7 Å². The Hall–Kier alpha value is -2.61. The van der Waals surface area contributed by atoms with Crippen molar-refractivity contribution in [3.8, 4) is 0 Å². The molecule has 8 heteroatoms. The van der Waals surface area contributed by atoms with Crippen molar-refractivity contribution in [3.05, 3.63) is 46.5 Å². The quantitative estimate of drug-likeness (QED) is 0.734. The van der Waals surface area contributed by atoms with E-state index in [0.29, 0.717) is 16.6 Å². The molecule has 0 radical (unpaired) electrons. The minimum Gasteiger partial charge on any atom is -0.384 e. The predicted molar refractivity (Wildman–Crippen MR) is 74.5 cm³/mol. The molecule has 2 heterocycles. The predicted octanol–water partition coefficient (Wildman–Crippen LogP) is 0.116. The second-order valence-electron chi connectivity index (χ2n) is 5.25. The van der Waals surface area contributed by atoms with Crippen LogP contribution in [0.2, 0.25) is 0 Å². The third-order valence-electron chi connectivity index (χ3n) is 3.07. The zero-order valence-electron chi connectivity index (χ0n) is 11.6. The fourth-order valence-corrected chi connectivity index (χ4v) is 1.90. The second kappa shape index (κ2) is 4.74. The maximum atomic E-state index is 12.3. The highest BCUT2D eigenvalue weighted by Crippen LogP contribution is 2.15. The number of hydrogen-bond acceptors (Lipinski definition) is 6. The molecule has 0 amide bonds. The molecular weight excluding hydrogens is 272 g/mol. The van der Waals surface area contributed by atoms with Crippen molar-refractivity contribution in [2.75, 3.05) is 0 Å². The van der Waals surface area contributed by atoms with E-state index in [9.17, 15) is 9.90 Å². The van der Waals surface area contributed by atoms with Gasteiger partial charge in [0.25, 0.3) is 5.56 Å². The first-order chi connectivity index (χ1) is 9.95. The highest BCUT2D eigenvalue weighted by molar-refractivity contribution is 5.76. The Morgan fingerprint density at radius 3 is 2.67 bits per heavy atom. The number of fused-ring (bicyclic) bond motifs is 1. The number of nitrogens with zero attached hydrogens (tertiary/aromatic N) is 6. The van der Waals surface area contributed by atoms with Crippen LogP contribution in [0.5, 0.6) is 0 Å². The number of aliphatic hydroxyl groups is 1. The molecule has 8 nitrogen and oxygen atoms in total. The summed E-state index contributed by atoms with van der Waals surface area (Å²) in [5.41, 5.74) is -0.363. The van der Waals surface area contributed by atoms with E-state index in [1.807, 2.05) is 0 Å². The molecule has 0 unspecified atom stereocenters. The molecule has 1 aromatic carbocycles. The summed E-state index contributed by atoms with van der Waals surface area (Å²) < 4.78 is 2.63. The summed E-state index contributed by atoms with van der Waals surface area (Å²) in [6.45, 7) is 3.31. The van der Waals surface area contributed by atoms with E-state index >= 15 is 0 Å². The highest BCUT2D eigenvalue weighted by Gasteiger charge is 2.20. The minimum atomic E-state index is -1.09. The lowest BCUT2D eigenvalue weighted by molar-refractivity contribution is 0.0737. The van der Waals surface area contributed by atoms with Crippen LogP contribution in [0.25, 0.3) is 10.9 Å². The third-order valence-corrected chi connectivity index (χ3v) is 3.07. The number of aromatic nitrogens is 6. The Kier molecular flexibility index (Phi) is 3.02. The molecule has 3 rings (SSSR count). The molecule has 2 aromatic heterocycles. The Morgan fingerprint density at radius 1 is 1.19 bits per heavy atom. The smallest absolute Gasteiger partial charge is 0.279 e. The first-order valence-electron chi connectivity index (χ1n) is 6.41. The van der Waals surface area contributed by atoms with Gasteiger partial charge in [0.05, 0.1) is 11.6 Å². The van der Waals surface area contributed by atoms with Gasteiger partial charge in [0.1, 0.15) is 23.5 Å². The van der Waals surface area contributed by atoms with Gasteiger partial charge < -0.3 is 5.11 Å². The molecule has 0 fully saturated rings. The maximum Gasteiger partial charge on any atom is 0.279 e. The van der Waals surface area contributed by atoms with E-state index in [4.69, 9.17) is 0 Å². The van der Waals surface area contributed by atoms with Crippen molar-refractivity contribution in [2.24, 2.45) is 0 Å². The van der Waals surface area contributed by atoms with E-state index < -0.39 is 5.60 Å². The Balaban J connectivity index is 1.97. The number of rotatable bonds is 3. The molecule has 0 aliphatic carbocycles. The fraction of sp³-hybridized carbons (Fsp3) is 0.308. The van der Waals surface area contributed by atoms with Gasteiger partial charge in [-0.15, -0.1) is 10.2 Å². The van der Waals surface area contributed by atoms with E-state index in [1.54, 1.807) is 44.3 Å². The standard InChI is InChI=1S/C13H14N6O2/c1-13(2,21)11-7-18(16-15-11)8-19-12(20)9-5-3-4-6-10(9)14-17-19/h3-7,21H,8H2,1-2H3. The molecule has 0 aliphatic rings. The lowest BCUT2D eigenvalue weighted by Crippen LogP contribution is -2.27. The number of benzene rings is 1. The van der Waals surface area contributed by atoms with Gasteiger partial charge in [0, 0.05) is 0 Å². The molecule has 0 spiro atoms. The summed E-state index contributed by atoms with van der Waals surface area (Å²) in [6.07, 6.45) is 1.57. The van der Waals surface area contributed by atoms with Crippen LogP contribution in [-0.2, 0) is 12.3 Å². The molecule has 0 atom stereocenters. The summed E-state index contributed by atoms with van der Waals surface area (Å²) in [5.74, 6) is 0. The number of hydrogen-bond donors (Lipinski definition) is 1. The first kappa shape index (κ1) is 13.4. The third kappa shape index (κ3) is 2.52. The van der Waals surface area contributed by atoms with Gasteiger partial charge in [-0.05, 0) is 26.0 Å². The van der Waals surface area contributed by atoms with Crippen molar-refractivity contribution in [1.29, 1.82) is 0 Å². The molecule has 1 N–H and O–H groups in total. The van der Waals surface area contributed by atoms with Crippen LogP contribution in [0.4, 0.5) is 0 Å². The lowest BCUT2D eigenvalue weighted by Gasteiger charge is -2.11. The van der Waals surface area contributed by atoms with Crippen LogP contribution in [0.1, 0.15) is 19.5 Å². The minimum absolute atomic E-state index is 0.0831. The summed E-state index contributed by atoms with van der Waals surface area (Å²) in [7, 11) is 0. The van der Waals surface area contributed by atoms with Crippen molar-refractivity contribution in [2.45, 2.75) is 26.1 Å². The molecule has 3 aromatic rings. The maximum absolute atomic E-state index is 12.3. The fourth-order valence-electron chi connectivity index (χ4n) is 1.90. The van der Waals surface area contributed by atoms with E-state index in [1.165, 1.54) is 9.36 Å².